The smallest absolute Gasteiger partial charge is 0.150 e. The molecule has 2 heterocycles. The zero-order valence-electron chi connectivity index (χ0n) is 10.9. The number of hydrogen-bond acceptors (Lipinski definition) is 4. The third-order valence-electron chi connectivity index (χ3n) is 3.36. The Kier molecular flexibility index (Phi) is 4.57. The molecule has 0 aliphatic carbocycles. The summed E-state index contributed by atoms with van der Waals surface area (Å²) in [5.74, 6) is 0.974. The number of likely N-dealkylation sites (tertiary alicyclic amines) is 1. The van der Waals surface area contributed by atoms with Gasteiger partial charge in [-0.15, -0.1) is 0 Å². The van der Waals surface area contributed by atoms with Crippen LogP contribution in [-0.2, 0) is 6.54 Å². The fourth-order valence-corrected chi connectivity index (χ4v) is 2.39. The third kappa shape index (κ3) is 3.82. The number of nitrogens with one attached hydrogen (secondary N) is 1. The minimum absolute atomic E-state index is 0.559. The van der Waals surface area contributed by atoms with Crippen LogP contribution in [0.1, 0.15) is 38.9 Å². The summed E-state index contributed by atoms with van der Waals surface area (Å²) in [6.45, 7) is 7.54. The summed E-state index contributed by atoms with van der Waals surface area (Å²) >= 11 is 0. The quantitative estimate of drug-likeness (QED) is 0.850. The summed E-state index contributed by atoms with van der Waals surface area (Å²) in [4.78, 5) is 2.51. The second-order valence-electron chi connectivity index (χ2n) is 5.16. The van der Waals surface area contributed by atoms with Gasteiger partial charge in [0.15, 0.2) is 5.76 Å². The second-order valence-corrected chi connectivity index (χ2v) is 5.16. The van der Waals surface area contributed by atoms with Crippen molar-refractivity contribution in [1.29, 1.82) is 0 Å². The topological polar surface area (TPSA) is 41.3 Å². The fourth-order valence-electron chi connectivity index (χ4n) is 2.39. The maximum atomic E-state index is 5.20. The van der Waals surface area contributed by atoms with Gasteiger partial charge in [0.1, 0.15) is 0 Å². The number of piperidine rings is 1. The first-order chi connectivity index (χ1) is 8.25. The molecule has 1 aromatic heterocycles. The number of nitrogens with zero attached hydrogens (tertiary/aromatic N) is 2. The molecule has 1 aromatic rings. The van der Waals surface area contributed by atoms with Gasteiger partial charge in [0.2, 0.25) is 0 Å². The van der Waals surface area contributed by atoms with Crippen molar-refractivity contribution in [3.63, 3.8) is 0 Å². The molecule has 4 heteroatoms. The van der Waals surface area contributed by atoms with Gasteiger partial charge < -0.3 is 9.84 Å². The molecular weight excluding hydrogens is 214 g/mol. The minimum atomic E-state index is 0.559. The number of aromatic nitrogens is 1. The molecule has 1 aliphatic rings. The van der Waals surface area contributed by atoms with Crippen LogP contribution in [0, 0.1) is 0 Å². The van der Waals surface area contributed by atoms with Gasteiger partial charge in [0.05, 0.1) is 12.7 Å². The van der Waals surface area contributed by atoms with Crippen LogP contribution in [0.3, 0.4) is 0 Å². The van der Waals surface area contributed by atoms with E-state index >= 15 is 0 Å². The Morgan fingerprint density at radius 1 is 1.53 bits per heavy atom. The molecule has 0 aromatic carbocycles. The number of hydrogen-bond donors (Lipinski definition) is 1. The van der Waals surface area contributed by atoms with Crippen LogP contribution in [0.2, 0.25) is 0 Å². The standard InChI is InChI=1S/C13H23N3O/c1-11(2)14-9-12-5-3-4-8-16(12)10-13-6-7-15-17-13/h6-7,11-12,14H,3-5,8-10H2,1-2H3. The molecule has 1 aliphatic heterocycles. The van der Waals surface area contributed by atoms with Crippen molar-refractivity contribution in [2.75, 3.05) is 13.1 Å². The Bertz CT molecular complexity index is 310. The van der Waals surface area contributed by atoms with Crippen LogP contribution in [0.5, 0.6) is 0 Å². The molecule has 1 N–H and O–H groups in total. The van der Waals surface area contributed by atoms with E-state index in [-0.39, 0.29) is 0 Å². The lowest BCUT2D eigenvalue weighted by molar-refractivity contribution is 0.122. The van der Waals surface area contributed by atoms with Crippen LogP contribution in [-0.4, -0.2) is 35.2 Å². The highest BCUT2D eigenvalue weighted by Crippen LogP contribution is 2.19. The first-order valence-corrected chi connectivity index (χ1v) is 6.62. The predicted octanol–water partition coefficient (Wildman–Crippen LogP) is 2.03. The molecule has 0 bridgehead atoms. The van der Waals surface area contributed by atoms with E-state index in [2.05, 4.69) is 29.2 Å². The lowest BCUT2D eigenvalue weighted by atomic mass is 10.0. The Labute approximate surface area is 103 Å². The lowest BCUT2D eigenvalue weighted by Gasteiger charge is -2.35. The Balaban J connectivity index is 1.87. The number of rotatable bonds is 5. The fraction of sp³-hybridized carbons (Fsp3) is 0.769. The van der Waals surface area contributed by atoms with E-state index < -0.39 is 0 Å². The Morgan fingerprint density at radius 3 is 3.12 bits per heavy atom. The van der Waals surface area contributed by atoms with Crippen LogP contribution in [0.25, 0.3) is 0 Å². The molecule has 4 nitrogen and oxygen atoms in total. The van der Waals surface area contributed by atoms with E-state index in [1.54, 1.807) is 6.20 Å². The van der Waals surface area contributed by atoms with Crippen molar-refractivity contribution in [1.82, 2.24) is 15.4 Å². The zero-order valence-corrected chi connectivity index (χ0v) is 10.9. The van der Waals surface area contributed by atoms with Crippen LogP contribution in [0.15, 0.2) is 16.8 Å². The molecule has 17 heavy (non-hydrogen) atoms. The normalized spacial score (nSPS) is 22.2. The molecular formula is C13H23N3O. The molecule has 0 radical (unpaired) electrons. The monoisotopic (exact) mass is 237 g/mol. The van der Waals surface area contributed by atoms with Gasteiger partial charge in [-0.25, -0.2) is 0 Å². The summed E-state index contributed by atoms with van der Waals surface area (Å²) in [5, 5.41) is 7.31. The summed E-state index contributed by atoms with van der Waals surface area (Å²) < 4.78 is 5.20. The maximum absolute atomic E-state index is 5.20. The summed E-state index contributed by atoms with van der Waals surface area (Å²) in [7, 11) is 0. The molecule has 0 spiro atoms. The van der Waals surface area contributed by atoms with E-state index in [1.807, 2.05) is 6.07 Å². The van der Waals surface area contributed by atoms with Crippen molar-refractivity contribution >= 4 is 0 Å². The average Bonchev–Trinajstić information content (AvgIpc) is 2.80. The zero-order chi connectivity index (χ0) is 12.1. The molecule has 0 saturated carbocycles. The summed E-state index contributed by atoms with van der Waals surface area (Å²) in [6.07, 6.45) is 5.65. The Hall–Kier alpha value is -0.870. The molecule has 2 rings (SSSR count). The molecule has 1 unspecified atom stereocenters. The van der Waals surface area contributed by atoms with E-state index in [1.165, 1.54) is 25.8 Å². The molecule has 0 amide bonds. The van der Waals surface area contributed by atoms with Crippen molar-refractivity contribution in [3.05, 3.63) is 18.0 Å². The van der Waals surface area contributed by atoms with Gasteiger partial charge in [0.25, 0.3) is 0 Å². The van der Waals surface area contributed by atoms with Gasteiger partial charge in [-0.3, -0.25) is 4.90 Å². The molecule has 1 atom stereocenters. The first kappa shape index (κ1) is 12.6. The van der Waals surface area contributed by atoms with Gasteiger partial charge in [0, 0.05) is 24.7 Å². The third-order valence-corrected chi connectivity index (χ3v) is 3.36. The van der Waals surface area contributed by atoms with Gasteiger partial charge in [-0.05, 0) is 19.4 Å². The first-order valence-electron chi connectivity index (χ1n) is 6.62. The highest BCUT2D eigenvalue weighted by atomic mass is 16.5. The highest BCUT2D eigenvalue weighted by molar-refractivity contribution is 4.94. The van der Waals surface area contributed by atoms with Crippen LogP contribution >= 0.6 is 0 Å². The van der Waals surface area contributed by atoms with Crippen LogP contribution < -0.4 is 5.32 Å². The van der Waals surface area contributed by atoms with Crippen molar-refractivity contribution < 1.29 is 4.52 Å². The summed E-state index contributed by atoms with van der Waals surface area (Å²) in [5.41, 5.74) is 0. The van der Waals surface area contributed by atoms with E-state index in [0.717, 1.165) is 18.8 Å². The molecule has 1 fully saturated rings. The Morgan fingerprint density at radius 2 is 2.41 bits per heavy atom. The van der Waals surface area contributed by atoms with Gasteiger partial charge in [-0.1, -0.05) is 25.4 Å². The van der Waals surface area contributed by atoms with Crippen molar-refractivity contribution in [2.24, 2.45) is 0 Å². The van der Waals surface area contributed by atoms with Crippen molar-refractivity contribution in [2.45, 2.75) is 51.7 Å². The largest absolute Gasteiger partial charge is 0.360 e. The van der Waals surface area contributed by atoms with Gasteiger partial charge in [-0.2, -0.15) is 0 Å². The van der Waals surface area contributed by atoms with E-state index in [4.69, 9.17) is 4.52 Å². The molecule has 96 valence electrons. The summed E-state index contributed by atoms with van der Waals surface area (Å²) in [6, 6.07) is 3.15. The second kappa shape index (κ2) is 6.17. The van der Waals surface area contributed by atoms with E-state index in [9.17, 15) is 0 Å². The lowest BCUT2D eigenvalue weighted by Crippen LogP contribution is -2.46. The SMILES string of the molecule is CC(C)NCC1CCCCN1Cc1ccno1. The van der Waals surface area contributed by atoms with E-state index in [0.29, 0.717) is 12.1 Å². The minimum Gasteiger partial charge on any atom is -0.360 e. The highest BCUT2D eigenvalue weighted by Gasteiger charge is 2.23. The average molecular weight is 237 g/mol. The predicted molar refractivity (Wildman–Crippen MR) is 67.7 cm³/mol. The van der Waals surface area contributed by atoms with Crippen molar-refractivity contribution in [3.8, 4) is 0 Å². The maximum Gasteiger partial charge on any atom is 0.150 e. The van der Waals surface area contributed by atoms with Gasteiger partial charge >= 0.3 is 0 Å². The van der Waals surface area contributed by atoms with Crippen LogP contribution in [0.4, 0.5) is 0 Å². The molecule has 1 saturated heterocycles.